The van der Waals surface area contributed by atoms with Crippen LogP contribution in [0.2, 0.25) is 0 Å². The fourth-order valence-corrected chi connectivity index (χ4v) is 11.0. The number of para-hydroxylation sites is 2. The smallest absolute Gasteiger partial charge is 0.235 e. The molecule has 13 rings (SSSR count). The molecular formula is C57H38N4S. The molecule has 0 aliphatic heterocycles. The average Bonchev–Trinajstić information content (AvgIpc) is 4.06. The maximum Gasteiger partial charge on any atom is 0.235 e. The van der Waals surface area contributed by atoms with E-state index in [9.17, 15) is 0 Å². The first-order valence-corrected chi connectivity index (χ1v) is 22.1. The van der Waals surface area contributed by atoms with Crippen LogP contribution in [-0.4, -0.2) is 19.1 Å². The van der Waals surface area contributed by atoms with Gasteiger partial charge in [0.25, 0.3) is 0 Å². The number of aromatic nitrogens is 4. The van der Waals surface area contributed by atoms with Crippen LogP contribution in [0.5, 0.6) is 0 Å². The van der Waals surface area contributed by atoms with E-state index in [0.717, 1.165) is 38.9 Å². The molecular weight excluding hydrogens is 773 g/mol. The Balaban J connectivity index is 0.989. The molecule has 8 aromatic carbocycles. The van der Waals surface area contributed by atoms with Gasteiger partial charge < -0.3 is 4.57 Å². The second kappa shape index (κ2) is 13.2. The third-order valence-corrected chi connectivity index (χ3v) is 14.2. The van der Waals surface area contributed by atoms with Gasteiger partial charge in [-0.25, -0.2) is 9.97 Å². The van der Waals surface area contributed by atoms with Crippen molar-refractivity contribution in [2.24, 2.45) is 0 Å². The zero-order valence-corrected chi connectivity index (χ0v) is 35.0. The van der Waals surface area contributed by atoms with Crippen LogP contribution >= 0.6 is 11.3 Å². The lowest BCUT2D eigenvalue weighted by Gasteiger charge is -2.35. The van der Waals surface area contributed by atoms with Crippen molar-refractivity contribution >= 4 is 65.9 Å². The highest BCUT2D eigenvalue weighted by atomic mass is 32.1. The molecule has 292 valence electrons. The average molecular weight is 811 g/mol. The normalized spacial score (nSPS) is 13.1. The Hall–Kier alpha value is -7.60. The zero-order valence-electron chi connectivity index (χ0n) is 34.2. The predicted molar refractivity (Wildman–Crippen MR) is 260 cm³/mol. The molecule has 0 fully saturated rings. The Morgan fingerprint density at radius 1 is 0.435 bits per heavy atom. The van der Waals surface area contributed by atoms with Crippen LogP contribution < -0.4 is 0 Å². The molecule has 0 amide bonds. The largest absolute Gasteiger partial charge is 0.309 e. The first kappa shape index (κ1) is 35.2. The summed E-state index contributed by atoms with van der Waals surface area (Å²) in [5.74, 6) is 0.676. The molecule has 0 N–H and O–H groups in total. The Morgan fingerprint density at radius 2 is 1.05 bits per heavy atom. The summed E-state index contributed by atoms with van der Waals surface area (Å²) in [6, 6.07) is 68.5. The lowest BCUT2D eigenvalue weighted by molar-refractivity contribution is 0.644. The summed E-state index contributed by atoms with van der Waals surface area (Å²) in [6.07, 6.45) is 0. The molecule has 4 heterocycles. The SMILES string of the molecule is CC1(C)c2ccccc2-c2nc(-n3c4ccccc4c4cc(-c5ccc6c(c5)c5ccccc5n6-c5ccc(-c6cccs6)cc5)ccc43)nc3cc(-c4ccccc4)cc1c23. The van der Waals surface area contributed by atoms with E-state index >= 15 is 0 Å². The van der Waals surface area contributed by atoms with Gasteiger partial charge in [-0.2, -0.15) is 0 Å². The maximum atomic E-state index is 5.52. The van der Waals surface area contributed by atoms with E-state index in [1.165, 1.54) is 76.4 Å². The van der Waals surface area contributed by atoms with E-state index in [-0.39, 0.29) is 5.41 Å². The van der Waals surface area contributed by atoms with Gasteiger partial charge >= 0.3 is 0 Å². The first-order chi connectivity index (χ1) is 30.5. The van der Waals surface area contributed by atoms with Crippen molar-refractivity contribution in [1.29, 1.82) is 0 Å². The second-order valence-corrected chi connectivity index (χ2v) is 18.0. The van der Waals surface area contributed by atoms with Crippen LogP contribution in [0.25, 0.3) is 110 Å². The Morgan fingerprint density at radius 3 is 1.76 bits per heavy atom. The summed E-state index contributed by atoms with van der Waals surface area (Å²) in [7, 11) is 0. The number of benzene rings is 8. The van der Waals surface area contributed by atoms with Gasteiger partial charge in [0.05, 0.1) is 33.3 Å². The monoisotopic (exact) mass is 810 g/mol. The summed E-state index contributed by atoms with van der Waals surface area (Å²) >= 11 is 1.77. The molecule has 0 saturated carbocycles. The van der Waals surface area contributed by atoms with Crippen molar-refractivity contribution in [3.63, 3.8) is 0 Å². The maximum absolute atomic E-state index is 5.52. The highest BCUT2D eigenvalue weighted by Crippen LogP contribution is 2.49. The van der Waals surface area contributed by atoms with E-state index in [4.69, 9.17) is 9.97 Å². The van der Waals surface area contributed by atoms with Crippen LogP contribution in [0.3, 0.4) is 0 Å². The number of rotatable bonds is 5. The third kappa shape index (κ3) is 5.12. The van der Waals surface area contributed by atoms with Gasteiger partial charge in [0.1, 0.15) is 0 Å². The number of nitrogens with zero attached hydrogens (tertiary/aromatic N) is 4. The molecule has 0 bridgehead atoms. The molecule has 1 aliphatic rings. The molecule has 0 unspecified atom stereocenters. The van der Waals surface area contributed by atoms with Gasteiger partial charge in [0.2, 0.25) is 5.95 Å². The molecule has 62 heavy (non-hydrogen) atoms. The predicted octanol–water partition coefficient (Wildman–Crippen LogP) is 15.2. The molecule has 4 nitrogen and oxygen atoms in total. The van der Waals surface area contributed by atoms with Crippen LogP contribution in [0.1, 0.15) is 25.0 Å². The highest BCUT2D eigenvalue weighted by molar-refractivity contribution is 7.13. The quantitative estimate of drug-likeness (QED) is 0.174. The van der Waals surface area contributed by atoms with E-state index in [2.05, 4.69) is 216 Å². The van der Waals surface area contributed by atoms with Gasteiger partial charge in [-0.15, -0.1) is 11.3 Å². The van der Waals surface area contributed by atoms with Crippen molar-refractivity contribution in [2.75, 3.05) is 0 Å². The number of hydrogen-bond acceptors (Lipinski definition) is 3. The molecule has 4 aromatic heterocycles. The van der Waals surface area contributed by atoms with Crippen LogP contribution in [-0.2, 0) is 5.41 Å². The molecule has 12 aromatic rings. The van der Waals surface area contributed by atoms with Gasteiger partial charge in [-0.1, -0.05) is 135 Å². The zero-order chi connectivity index (χ0) is 41.1. The Labute approximate surface area is 362 Å². The number of fused-ring (bicyclic) bond motifs is 8. The van der Waals surface area contributed by atoms with Gasteiger partial charge in [-0.3, -0.25) is 4.57 Å². The third-order valence-electron chi connectivity index (χ3n) is 13.2. The van der Waals surface area contributed by atoms with Gasteiger partial charge in [0.15, 0.2) is 0 Å². The summed E-state index contributed by atoms with van der Waals surface area (Å²) in [5.41, 5.74) is 17.1. The van der Waals surface area contributed by atoms with Gasteiger partial charge in [0, 0.05) is 48.5 Å². The second-order valence-electron chi connectivity index (χ2n) is 17.0. The lowest BCUT2D eigenvalue weighted by atomic mass is 9.69. The van der Waals surface area contributed by atoms with Gasteiger partial charge in [-0.05, 0) is 111 Å². The molecule has 0 radical (unpaired) electrons. The summed E-state index contributed by atoms with van der Waals surface area (Å²) in [5, 5.41) is 8.08. The minimum Gasteiger partial charge on any atom is -0.309 e. The number of thiophene rings is 1. The van der Waals surface area contributed by atoms with Crippen molar-refractivity contribution in [2.45, 2.75) is 19.3 Å². The topological polar surface area (TPSA) is 35.6 Å². The van der Waals surface area contributed by atoms with Crippen molar-refractivity contribution in [1.82, 2.24) is 19.1 Å². The van der Waals surface area contributed by atoms with Crippen molar-refractivity contribution in [3.8, 4) is 55.6 Å². The van der Waals surface area contributed by atoms with Crippen LogP contribution in [0.15, 0.2) is 193 Å². The van der Waals surface area contributed by atoms with Crippen molar-refractivity contribution < 1.29 is 0 Å². The fraction of sp³-hybridized carbons (Fsp3) is 0.0526. The Bertz CT molecular complexity index is 3760. The highest BCUT2D eigenvalue weighted by Gasteiger charge is 2.35. The van der Waals surface area contributed by atoms with Crippen LogP contribution in [0, 0.1) is 0 Å². The van der Waals surface area contributed by atoms with Crippen molar-refractivity contribution in [3.05, 3.63) is 205 Å². The fourth-order valence-electron chi connectivity index (χ4n) is 10.2. The lowest BCUT2D eigenvalue weighted by Crippen LogP contribution is -2.24. The van der Waals surface area contributed by atoms with Crippen LogP contribution in [0.4, 0.5) is 0 Å². The molecule has 0 atom stereocenters. The van der Waals surface area contributed by atoms with E-state index in [0.29, 0.717) is 5.95 Å². The summed E-state index contributed by atoms with van der Waals surface area (Å²) in [4.78, 5) is 12.3. The van der Waals surface area contributed by atoms with E-state index < -0.39 is 0 Å². The standard InChI is InChI=1S/C57H38N4S/c1-57(2)46-18-9-6-17-43(46)55-54-47(57)33-39(35-13-4-3-5-14-35)34-48(54)58-56(59-55)61-50-20-11-8-16-42(50)45-32-38(25-29-52(45)61)37-24-28-51-44(31-37)41-15-7-10-19-49(41)60(51)40-26-22-36(23-27-40)53-21-12-30-62-53/h3-34H,1-2H3. The first-order valence-electron chi connectivity index (χ1n) is 21.2. The summed E-state index contributed by atoms with van der Waals surface area (Å²) < 4.78 is 4.66. The van der Waals surface area contributed by atoms with E-state index in [1.54, 1.807) is 11.3 Å². The molecule has 1 aliphatic carbocycles. The molecule has 0 spiro atoms. The van der Waals surface area contributed by atoms with E-state index in [1.807, 2.05) is 0 Å². The summed E-state index contributed by atoms with van der Waals surface area (Å²) in [6.45, 7) is 4.66. The number of hydrogen-bond donors (Lipinski definition) is 0. The Kier molecular flexibility index (Phi) is 7.49. The molecule has 0 saturated heterocycles. The minimum atomic E-state index is -0.228. The minimum absolute atomic E-state index is 0.228. The molecule has 5 heteroatoms.